The SMILES string of the molecule is Cc1ccc(Nc2nc(Nc3ccc([N+](=O)[O-])cc3)nc(=O)[nH]2)cc1C. The number of nitro groups is 1. The molecule has 0 aliphatic heterocycles. The zero-order valence-electron chi connectivity index (χ0n) is 14.1. The Kier molecular flexibility index (Phi) is 4.61. The van der Waals surface area contributed by atoms with Crippen molar-refractivity contribution in [2.75, 3.05) is 10.6 Å². The number of hydrogen-bond donors (Lipinski definition) is 3. The van der Waals surface area contributed by atoms with E-state index in [0.717, 1.165) is 16.8 Å². The van der Waals surface area contributed by atoms with Crippen LogP contribution in [0.25, 0.3) is 0 Å². The van der Waals surface area contributed by atoms with Gasteiger partial charge in [-0.25, -0.2) is 4.79 Å². The first-order chi connectivity index (χ1) is 12.4. The molecule has 0 spiro atoms. The molecule has 0 saturated heterocycles. The second kappa shape index (κ2) is 7.01. The molecule has 1 heterocycles. The number of nitro benzene ring substituents is 1. The van der Waals surface area contributed by atoms with Crippen molar-refractivity contribution in [2.45, 2.75) is 13.8 Å². The average Bonchev–Trinajstić information content (AvgIpc) is 2.58. The number of non-ortho nitro benzene ring substituents is 1. The number of nitrogens with zero attached hydrogens (tertiary/aromatic N) is 3. The third kappa shape index (κ3) is 4.01. The Labute approximate surface area is 148 Å². The van der Waals surface area contributed by atoms with Crippen molar-refractivity contribution in [2.24, 2.45) is 0 Å². The quantitative estimate of drug-likeness (QED) is 0.475. The van der Waals surface area contributed by atoms with E-state index in [2.05, 4.69) is 25.6 Å². The van der Waals surface area contributed by atoms with Crippen LogP contribution in [0.5, 0.6) is 0 Å². The van der Waals surface area contributed by atoms with Gasteiger partial charge >= 0.3 is 5.69 Å². The molecule has 1 aromatic heterocycles. The van der Waals surface area contributed by atoms with Crippen molar-refractivity contribution in [3.05, 3.63) is 74.2 Å². The molecule has 0 aliphatic carbocycles. The summed E-state index contributed by atoms with van der Waals surface area (Å²) in [6, 6.07) is 11.5. The number of H-pyrrole nitrogens is 1. The topological polar surface area (TPSA) is 126 Å². The molecule has 0 saturated carbocycles. The summed E-state index contributed by atoms with van der Waals surface area (Å²) in [5, 5.41) is 16.6. The summed E-state index contributed by atoms with van der Waals surface area (Å²) in [4.78, 5) is 32.5. The molecular weight excluding hydrogens is 336 g/mol. The lowest BCUT2D eigenvalue weighted by Gasteiger charge is -2.09. The van der Waals surface area contributed by atoms with Gasteiger partial charge in [-0.05, 0) is 49.2 Å². The molecule has 3 rings (SSSR count). The summed E-state index contributed by atoms with van der Waals surface area (Å²) in [5.74, 6) is 0.312. The van der Waals surface area contributed by atoms with Crippen LogP contribution >= 0.6 is 0 Å². The second-order valence-corrected chi connectivity index (χ2v) is 5.68. The Morgan fingerprint density at radius 3 is 2.31 bits per heavy atom. The first-order valence-corrected chi connectivity index (χ1v) is 7.75. The smallest absolute Gasteiger partial charge is 0.326 e. The molecule has 0 atom stereocenters. The van der Waals surface area contributed by atoms with Crippen molar-refractivity contribution in [1.82, 2.24) is 15.0 Å². The first-order valence-electron chi connectivity index (χ1n) is 7.75. The highest BCUT2D eigenvalue weighted by atomic mass is 16.6. The van der Waals surface area contributed by atoms with Gasteiger partial charge in [0.1, 0.15) is 0 Å². The van der Waals surface area contributed by atoms with E-state index in [-0.39, 0.29) is 17.6 Å². The third-order valence-electron chi connectivity index (χ3n) is 3.75. The van der Waals surface area contributed by atoms with Gasteiger partial charge in [-0.15, -0.1) is 0 Å². The predicted molar refractivity (Wildman–Crippen MR) is 98.2 cm³/mol. The third-order valence-corrected chi connectivity index (χ3v) is 3.75. The maximum atomic E-state index is 11.8. The molecule has 0 radical (unpaired) electrons. The van der Waals surface area contributed by atoms with Crippen molar-refractivity contribution in [3.63, 3.8) is 0 Å². The number of nitrogens with one attached hydrogen (secondary N) is 3. The van der Waals surface area contributed by atoms with Gasteiger partial charge in [0, 0.05) is 23.5 Å². The lowest BCUT2D eigenvalue weighted by molar-refractivity contribution is -0.384. The van der Waals surface area contributed by atoms with Crippen LogP contribution in [0.3, 0.4) is 0 Å². The average molecular weight is 352 g/mol. The van der Waals surface area contributed by atoms with Gasteiger partial charge in [-0.3, -0.25) is 15.1 Å². The maximum absolute atomic E-state index is 11.8. The highest BCUT2D eigenvalue weighted by Crippen LogP contribution is 2.19. The molecule has 0 unspecified atom stereocenters. The van der Waals surface area contributed by atoms with Gasteiger partial charge in [0.25, 0.3) is 5.69 Å². The molecule has 9 nitrogen and oxygen atoms in total. The van der Waals surface area contributed by atoms with Crippen molar-refractivity contribution in [3.8, 4) is 0 Å². The monoisotopic (exact) mass is 352 g/mol. The van der Waals surface area contributed by atoms with E-state index in [4.69, 9.17) is 0 Å². The van der Waals surface area contributed by atoms with Gasteiger partial charge in [-0.1, -0.05) is 6.07 Å². The number of aromatic amines is 1. The number of hydrogen-bond acceptors (Lipinski definition) is 7. The Morgan fingerprint density at radius 2 is 1.65 bits per heavy atom. The molecule has 132 valence electrons. The fourth-order valence-corrected chi connectivity index (χ4v) is 2.25. The van der Waals surface area contributed by atoms with Crippen LogP contribution in [0.15, 0.2) is 47.3 Å². The van der Waals surface area contributed by atoms with E-state index in [1.54, 1.807) is 0 Å². The number of aromatic nitrogens is 3. The standard InChI is InChI=1S/C17H16N6O3/c1-10-3-4-13(9-11(10)2)19-16-20-15(21-17(24)22-16)18-12-5-7-14(8-6-12)23(25)26/h3-9H,1-2H3,(H3,18,19,20,21,22,24). The van der Waals surface area contributed by atoms with Crippen LogP contribution in [-0.2, 0) is 0 Å². The number of aryl methyl sites for hydroxylation is 2. The molecule has 0 bridgehead atoms. The maximum Gasteiger partial charge on any atom is 0.351 e. The fraction of sp³-hybridized carbons (Fsp3) is 0.118. The molecule has 2 aromatic carbocycles. The van der Waals surface area contributed by atoms with E-state index in [1.807, 2.05) is 32.0 Å². The summed E-state index contributed by atoms with van der Waals surface area (Å²) < 4.78 is 0. The van der Waals surface area contributed by atoms with Gasteiger partial charge in [-0.2, -0.15) is 9.97 Å². The minimum Gasteiger partial charge on any atom is -0.326 e. The summed E-state index contributed by atoms with van der Waals surface area (Å²) in [6.45, 7) is 4.00. The predicted octanol–water partition coefficient (Wildman–Crippen LogP) is 3.18. The highest BCUT2D eigenvalue weighted by Gasteiger charge is 2.07. The summed E-state index contributed by atoms with van der Waals surface area (Å²) in [5.41, 5.74) is 2.97. The molecule has 0 amide bonds. The van der Waals surface area contributed by atoms with Crippen LogP contribution in [0, 0.1) is 24.0 Å². The largest absolute Gasteiger partial charge is 0.351 e. The summed E-state index contributed by atoms with van der Waals surface area (Å²) >= 11 is 0. The number of rotatable bonds is 5. The van der Waals surface area contributed by atoms with E-state index in [0.29, 0.717) is 5.69 Å². The number of benzene rings is 2. The van der Waals surface area contributed by atoms with E-state index in [1.165, 1.54) is 24.3 Å². The zero-order valence-corrected chi connectivity index (χ0v) is 14.1. The highest BCUT2D eigenvalue weighted by molar-refractivity contribution is 5.59. The van der Waals surface area contributed by atoms with Gasteiger partial charge in [0.05, 0.1) is 4.92 Å². The molecule has 0 aliphatic rings. The van der Waals surface area contributed by atoms with Crippen molar-refractivity contribution >= 4 is 29.0 Å². The molecule has 26 heavy (non-hydrogen) atoms. The second-order valence-electron chi connectivity index (χ2n) is 5.68. The number of anilines is 4. The van der Waals surface area contributed by atoms with Crippen LogP contribution in [0.1, 0.15) is 11.1 Å². The Bertz CT molecular complexity index is 1010. The summed E-state index contributed by atoms with van der Waals surface area (Å²) in [7, 11) is 0. The minimum absolute atomic E-state index is 0.0283. The van der Waals surface area contributed by atoms with Crippen molar-refractivity contribution in [1.29, 1.82) is 0 Å². The Balaban J connectivity index is 1.81. The lowest BCUT2D eigenvalue weighted by atomic mass is 10.1. The van der Waals surface area contributed by atoms with E-state index < -0.39 is 10.6 Å². The molecular formula is C17H16N6O3. The first kappa shape index (κ1) is 17.1. The molecule has 3 aromatic rings. The Morgan fingerprint density at radius 1 is 0.962 bits per heavy atom. The van der Waals surface area contributed by atoms with Crippen LogP contribution in [0.2, 0.25) is 0 Å². The van der Waals surface area contributed by atoms with Crippen LogP contribution in [0.4, 0.5) is 29.0 Å². The minimum atomic E-state index is -0.573. The fourth-order valence-electron chi connectivity index (χ4n) is 2.25. The van der Waals surface area contributed by atoms with Crippen LogP contribution < -0.4 is 16.3 Å². The van der Waals surface area contributed by atoms with E-state index in [9.17, 15) is 14.9 Å². The van der Waals surface area contributed by atoms with Gasteiger partial charge in [0.2, 0.25) is 11.9 Å². The molecule has 3 N–H and O–H groups in total. The van der Waals surface area contributed by atoms with Gasteiger partial charge in [0.15, 0.2) is 0 Å². The van der Waals surface area contributed by atoms with Gasteiger partial charge < -0.3 is 10.6 Å². The van der Waals surface area contributed by atoms with E-state index >= 15 is 0 Å². The normalized spacial score (nSPS) is 10.4. The zero-order chi connectivity index (χ0) is 18.7. The lowest BCUT2D eigenvalue weighted by Crippen LogP contribution is -2.16. The van der Waals surface area contributed by atoms with Crippen LogP contribution in [-0.4, -0.2) is 19.9 Å². The summed E-state index contributed by atoms with van der Waals surface area (Å²) in [6.07, 6.45) is 0. The molecule has 0 fully saturated rings. The Hall–Kier alpha value is -3.75. The van der Waals surface area contributed by atoms with Crippen molar-refractivity contribution < 1.29 is 4.92 Å². The molecule has 9 heteroatoms.